The Morgan fingerprint density at radius 1 is 1.24 bits per heavy atom. The number of nitrogens with zero attached hydrogens (tertiary/aromatic N) is 4. The molecular formula is C19H18N4O2. The second-order valence-electron chi connectivity index (χ2n) is 6.10. The third-order valence-corrected chi connectivity index (χ3v) is 4.44. The molecule has 0 N–H and O–H groups in total. The SMILES string of the molecule is CCc1cccc(N2CC(c3nc(-c4ccccn4)no3)CC2=O)c1. The van der Waals surface area contributed by atoms with E-state index < -0.39 is 0 Å². The molecule has 1 aliphatic rings. The summed E-state index contributed by atoms with van der Waals surface area (Å²) in [4.78, 5) is 22.9. The number of aryl methyl sites for hydroxylation is 1. The second-order valence-corrected chi connectivity index (χ2v) is 6.10. The summed E-state index contributed by atoms with van der Waals surface area (Å²) < 4.78 is 5.40. The van der Waals surface area contributed by atoms with Crippen molar-refractivity contribution in [1.82, 2.24) is 15.1 Å². The molecule has 4 rings (SSSR count). The van der Waals surface area contributed by atoms with Gasteiger partial charge in [0.1, 0.15) is 5.69 Å². The van der Waals surface area contributed by atoms with Crippen LogP contribution in [0.15, 0.2) is 53.2 Å². The first kappa shape index (κ1) is 15.5. The van der Waals surface area contributed by atoms with Crippen molar-refractivity contribution >= 4 is 11.6 Å². The van der Waals surface area contributed by atoms with E-state index in [2.05, 4.69) is 34.2 Å². The molecule has 0 spiro atoms. The molecule has 6 heteroatoms. The lowest BCUT2D eigenvalue weighted by Gasteiger charge is -2.16. The predicted octanol–water partition coefficient (Wildman–Crippen LogP) is 3.21. The van der Waals surface area contributed by atoms with Crippen molar-refractivity contribution in [3.8, 4) is 11.5 Å². The van der Waals surface area contributed by atoms with E-state index in [0.717, 1.165) is 12.1 Å². The highest BCUT2D eigenvalue weighted by atomic mass is 16.5. The Balaban J connectivity index is 1.55. The molecule has 25 heavy (non-hydrogen) atoms. The maximum atomic E-state index is 12.5. The molecule has 0 radical (unpaired) electrons. The lowest BCUT2D eigenvalue weighted by Crippen LogP contribution is -2.24. The van der Waals surface area contributed by atoms with Gasteiger partial charge in [-0.1, -0.05) is 30.3 Å². The van der Waals surface area contributed by atoms with Crippen molar-refractivity contribution in [3.63, 3.8) is 0 Å². The fraction of sp³-hybridized carbons (Fsp3) is 0.263. The Kier molecular flexibility index (Phi) is 4.01. The van der Waals surface area contributed by atoms with Gasteiger partial charge in [0.25, 0.3) is 0 Å². The van der Waals surface area contributed by atoms with E-state index in [1.54, 1.807) is 11.1 Å². The summed E-state index contributed by atoms with van der Waals surface area (Å²) in [6.07, 6.45) is 3.00. The molecule has 1 aromatic carbocycles. The molecule has 6 nitrogen and oxygen atoms in total. The number of benzene rings is 1. The van der Waals surface area contributed by atoms with E-state index in [1.807, 2.05) is 30.3 Å². The van der Waals surface area contributed by atoms with Crippen LogP contribution in [0.4, 0.5) is 5.69 Å². The molecule has 1 unspecified atom stereocenters. The van der Waals surface area contributed by atoms with E-state index in [0.29, 0.717) is 30.4 Å². The van der Waals surface area contributed by atoms with E-state index in [1.165, 1.54) is 5.56 Å². The number of carbonyl (C=O) groups excluding carboxylic acids is 1. The zero-order valence-electron chi connectivity index (χ0n) is 13.9. The summed E-state index contributed by atoms with van der Waals surface area (Å²) in [7, 11) is 0. The third-order valence-electron chi connectivity index (χ3n) is 4.44. The van der Waals surface area contributed by atoms with E-state index in [4.69, 9.17) is 4.52 Å². The first-order valence-electron chi connectivity index (χ1n) is 8.39. The number of carbonyl (C=O) groups is 1. The van der Waals surface area contributed by atoms with Crippen LogP contribution in [0.25, 0.3) is 11.5 Å². The largest absolute Gasteiger partial charge is 0.339 e. The fourth-order valence-electron chi connectivity index (χ4n) is 3.07. The maximum Gasteiger partial charge on any atom is 0.232 e. The normalized spacial score (nSPS) is 17.2. The average Bonchev–Trinajstić information content (AvgIpc) is 3.29. The predicted molar refractivity (Wildman–Crippen MR) is 93.1 cm³/mol. The van der Waals surface area contributed by atoms with Crippen LogP contribution in [0.5, 0.6) is 0 Å². The van der Waals surface area contributed by atoms with Gasteiger partial charge in [0, 0.05) is 24.8 Å². The summed E-state index contributed by atoms with van der Waals surface area (Å²) in [5.41, 5.74) is 2.80. The van der Waals surface area contributed by atoms with Crippen LogP contribution < -0.4 is 4.90 Å². The Morgan fingerprint density at radius 3 is 2.96 bits per heavy atom. The lowest BCUT2D eigenvalue weighted by molar-refractivity contribution is -0.117. The van der Waals surface area contributed by atoms with Crippen molar-refractivity contribution in [1.29, 1.82) is 0 Å². The summed E-state index contributed by atoms with van der Waals surface area (Å²) in [5, 5.41) is 4.00. The Hall–Kier alpha value is -3.02. The number of aromatic nitrogens is 3. The molecule has 3 heterocycles. The van der Waals surface area contributed by atoms with Crippen LogP contribution in [0, 0.1) is 0 Å². The molecule has 1 aliphatic heterocycles. The highest BCUT2D eigenvalue weighted by Crippen LogP contribution is 2.32. The topological polar surface area (TPSA) is 72.1 Å². The molecule has 0 aliphatic carbocycles. The first-order chi connectivity index (χ1) is 12.2. The van der Waals surface area contributed by atoms with Crippen molar-refractivity contribution in [2.24, 2.45) is 0 Å². The van der Waals surface area contributed by atoms with Crippen molar-refractivity contribution in [2.45, 2.75) is 25.7 Å². The van der Waals surface area contributed by atoms with E-state index in [9.17, 15) is 4.79 Å². The van der Waals surface area contributed by atoms with Gasteiger partial charge in [0.05, 0.1) is 5.92 Å². The fourth-order valence-corrected chi connectivity index (χ4v) is 3.07. The smallest absolute Gasteiger partial charge is 0.232 e. The van der Waals surface area contributed by atoms with Crippen LogP contribution in [0.2, 0.25) is 0 Å². The van der Waals surface area contributed by atoms with E-state index in [-0.39, 0.29) is 11.8 Å². The molecule has 1 amide bonds. The van der Waals surface area contributed by atoms with Gasteiger partial charge < -0.3 is 9.42 Å². The summed E-state index contributed by atoms with van der Waals surface area (Å²) in [6.45, 7) is 2.65. The van der Waals surface area contributed by atoms with E-state index >= 15 is 0 Å². The molecule has 1 fully saturated rings. The molecule has 0 bridgehead atoms. The average molecular weight is 334 g/mol. The van der Waals surface area contributed by atoms with Gasteiger partial charge in [-0.2, -0.15) is 4.98 Å². The molecule has 126 valence electrons. The van der Waals surface area contributed by atoms with Crippen molar-refractivity contribution < 1.29 is 9.32 Å². The quantitative estimate of drug-likeness (QED) is 0.732. The van der Waals surface area contributed by atoms with Crippen LogP contribution in [0.1, 0.15) is 30.7 Å². The zero-order valence-corrected chi connectivity index (χ0v) is 13.9. The minimum absolute atomic E-state index is 0.0795. The Bertz CT molecular complexity index is 891. The monoisotopic (exact) mass is 334 g/mol. The summed E-state index contributed by atoms with van der Waals surface area (Å²) in [6, 6.07) is 13.6. The van der Waals surface area contributed by atoms with Crippen molar-refractivity contribution in [2.75, 3.05) is 11.4 Å². The van der Waals surface area contributed by atoms with Gasteiger partial charge in [-0.05, 0) is 36.2 Å². The third kappa shape index (κ3) is 3.03. The van der Waals surface area contributed by atoms with Gasteiger partial charge >= 0.3 is 0 Å². The van der Waals surface area contributed by atoms with Gasteiger partial charge in [-0.25, -0.2) is 0 Å². The van der Waals surface area contributed by atoms with Gasteiger partial charge in [0.15, 0.2) is 0 Å². The standard InChI is InChI=1S/C19H18N4O2/c1-2-13-6-5-7-15(10-13)23-12-14(11-17(23)24)19-21-18(22-25-19)16-8-3-4-9-20-16/h3-10,14H,2,11-12H2,1H3. The molecule has 1 saturated heterocycles. The number of anilines is 1. The van der Waals surface area contributed by atoms with Crippen LogP contribution in [-0.2, 0) is 11.2 Å². The highest BCUT2D eigenvalue weighted by molar-refractivity contribution is 5.96. The minimum Gasteiger partial charge on any atom is -0.339 e. The number of hydrogen-bond acceptors (Lipinski definition) is 5. The molecule has 1 atom stereocenters. The van der Waals surface area contributed by atoms with Crippen molar-refractivity contribution in [3.05, 3.63) is 60.1 Å². The number of hydrogen-bond donors (Lipinski definition) is 0. The van der Waals surface area contributed by atoms with Gasteiger partial charge in [0.2, 0.25) is 17.6 Å². The summed E-state index contributed by atoms with van der Waals surface area (Å²) >= 11 is 0. The Morgan fingerprint density at radius 2 is 2.16 bits per heavy atom. The second kappa shape index (κ2) is 6.47. The number of rotatable bonds is 4. The summed E-state index contributed by atoms with van der Waals surface area (Å²) in [5.74, 6) is 0.927. The van der Waals surface area contributed by atoms with Crippen LogP contribution >= 0.6 is 0 Å². The maximum absolute atomic E-state index is 12.5. The zero-order chi connectivity index (χ0) is 17.2. The van der Waals surface area contributed by atoms with Crippen LogP contribution in [0.3, 0.4) is 0 Å². The first-order valence-corrected chi connectivity index (χ1v) is 8.39. The molecule has 3 aromatic rings. The minimum atomic E-state index is -0.0947. The molecule has 0 saturated carbocycles. The number of pyridine rings is 1. The highest BCUT2D eigenvalue weighted by Gasteiger charge is 2.35. The van der Waals surface area contributed by atoms with Gasteiger partial charge in [-0.3, -0.25) is 9.78 Å². The molecule has 2 aromatic heterocycles. The molecular weight excluding hydrogens is 316 g/mol. The lowest BCUT2D eigenvalue weighted by atomic mass is 10.1. The number of amides is 1. The van der Waals surface area contributed by atoms with Gasteiger partial charge in [-0.15, -0.1) is 0 Å². The Labute approximate surface area is 145 Å². The van der Waals surface area contributed by atoms with Crippen LogP contribution in [-0.4, -0.2) is 27.6 Å².